The zero-order valence-electron chi connectivity index (χ0n) is 7.69. The number of hydrogen-bond acceptors (Lipinski definition) is 1. The summed E-state index contributed by atoms with van der Waals surface area (Å²) in [5, 5.41) is 0. The van der Waals surface area contributed by atoms with Gasteiger partial charge in [0.05, 0.1) is 0 Å². The lowest BCUT2D eigenvalue weighted by Gasteiger charge is -2.10. The minimum atomic E-state index is 0.268. The summed E-state index contributed by atoms with van der Waals surface area (Å²) in [6.07, 6.45) is 3.00. The van der Waals surface area contributed by atoms with Gasteiger partial charge in [-0.05, 0) is 33.1 Å². The highest BCUT2D eigenvalue weighted by Crippen LogP contribution is 2.08. The van der Waals surface area contributed by atoms with Gasteiger partial charge in [0.25, 0.3) is 0 Å². The molecule has 0 saturated heterocycles. The van der Waals surface area contributed by atoms with Crippen molar-refractivity contribution in [3.8, 4) is 0 Å². The van der Waals surface area contributed by atoms with Gasteiger partial charge in [0.2, 0.25) is 0 Å². The fourth-order valence-corrected chi connectivity index (χ4v) is 0.981. The summed E-state index contributed by atoms with van der Waals surface area (Å²) < 4.78 is 0. The molecule has 0 spiro atoms. The van der Waals surface area contributed by atoms with Crippen LogP contribution in [-0.4, -0.2) is 6.04 Å². The Kier molecular flexibility index (Phi) is 4.88. The minimum absolute atomic E-state index is 0.268. The molecule has 11 heavy (non-hydrogen) atoms. The summed E-state index contributed by atoms with van der Waals surface area (Å²) in [5.41, 5.74) is 8.20. The average molecular weight is 153 g/mol. The SMILES string of the molecule is C=C(C)CCC(N)CC(=C)C. The van der Waals surface area contributed by atoms with Gasteiger partial charge >= 0.3 is 0 Å². The van der Waals surface area contributed by atoms with Gasteiger partial charge in [-0.2, -0.15) is 0 Å². The lowest BCUT2D eigenvalue weighted by Crippen LogP contribution is -2.19. The lowest BCUT2D eigenvalue weighted by atomic mass is 10.0. The van der Waals surface area contributed by atoms with Crippen LogP contribution in [-0.2, 0) is 0 Å². The standard InChI is InChI=1S/C10H19N/c1-8(2)5-6-10(11)7-9(3)4/h10H,1,3,5-7,11H2,2,4H3. The first-order valence-corrected chi connectivity index (χ1v) is 4.06. The van der Waals surface area contributed by atoms with Gasteiger partial charge in [0.1, 0.15) is 0 Å². The van der Waals surface area contributed by atoms with Crippen LogP contribution in [0.15, 0.2) is 24.3 Å². The smallest absolute Gasteiger partial charge is 0.00789 e. The molecule has 0 saturated carbocycles. The largest absolute Gasteiger partial charge is 0.327 e. The van der Waals surface area contributed by atoms with Gasteiger partial charge in [-0.25, -0.2) is 0 Å². The molecule has 0 aliphatic carbocycles. The molecule has 1 heteroatoms. The van der Waals surface area contributed by atoms with E-state index in [9.17, 15) is 0 Å². The molecule has 1 nitrogen and oxygen atoms in total. The fourth-order valence-electron chi connectivity index (χ4n) is 0.981. The molecule has 0 aliphatic heterocycles. The number of rotatable bonds is 5. The Morgan fingerprint density at radius 1 is 1.27 bits per heavy atom. The van der Waals surface area contributed by atoms with Crippen LogP contribution in [0.1, 0.15) is 33.1 Å². The van der Waals surface area contributed by atoms with E-state index in [0.717, 1.165) is 19.3 Å². The second-order valence-electron chi connectivity index (χ2n) is 3.42. The van der Waals surface area contributed by atoms with Gasteiger partial charge < -0.3 is 5.73 Å². The molecule has 64 valence electrons. The van der Waals surface area contributed by atoms with Crippen molar-refractivity contribution in [3.05, 3.63) is 24.3 Å². The molecular weight excluding hydrogens is 134 g/mol. The second kappa shape index (κ2) is 5.14. The van der Waals surface area contributed by atoms with Gasteiger partial charge in [0, 0.05) is 6.04 Å². The van der Waals surface area contributed by atoms with Crippen molar-refractivity contribution in [2.45, 2.75) is 39.2 Å². The maximum atomic E-state index is 5.82. The lowest BCUT2D eigenvalue weighted by molar-refractivity contribution is 0.607. The third kappa shape index (κ3) is 7.34. The van der Waals surface area contributed by atoms with E-state index in [4.69, 9.17) is 5.73 Å². The monoisotopic (exact) mass is 153 g/mol. The Morgan fingerprint density at radius 2 is 1.82 bits per heavy atom. The third-order valence-electron chi connectivity index (χ3n) is 1.55. The molecule has 0 aromatic heterocycles. The van der Waals surface area contributed by atoms with E-state index in [-0.39, 0.29) is 6.04 Å². The van der Waals surface area contributed by atoms with Gasteiger partial charge in [0.15, 0.2) is 0 Å². The van der Waals surface area contributed by atoms with Crippen molar-refractivity contribution < 1.29 is 0 Å². The Hall–Kier alpha value is -0.560. The summed E-state index contributed by atoms with van der Waals surface area (Å²) in [4.78, 5) is 0. The van der Waals surface area contributed by atoms with E-state index < -0.39 is 0 Å². The molecule has 1 unspecified atom stereocenters. The van der Waals surface area contributed by atoms with E-state index in [0.29, 0.717) is 0 Å². The van der Waals surface area contributed by atoms with Crippen LogP contribution in [0.4, 0.5) is 0 Å². The molecule has 0 amide bonds. The summed E-state index contributed by atoms with van der Waals surface area (Å²) in [7, 11) is 0. The molecule has 0 bridgehead atoms. The molecule has 0 heterocycles. The van der Waals surface area contributed by atoms with E-state index in [2.05, 4.69) is 13.2 Å². The zero-order chi connectivity index (χ0) is 8.85. The van der Waals surface area contributed by atoms with Crippen molar-refractivity contribution in [2.75, 3.05) is 0 Å². The highest BCUT2D eigenvalue weighted by Gasteiger charge is 2.01. The molecule has 0 fully saturated rings. The fraction of sp³-hybridized carbons (Fsp3) is 0.600. The van der Waals surface area contributed by atoms with E-state index >= 15 is 0 Å². The van der Waals surface area contributed by atoms with Gasteiger partial charge in [-0.1, -0.05) is 11.1 Å². The van der Waals surface area contributed by atoms with Crippen molar-refractivity contribution in [1.29, 1.82) is 0 Å². The van der Waals surface area contributed by atoms with Gasteiger partial charge in [-0.3, -0.25) is 0 Å². The van der Waals surface area contributed by atoms with Crippen LogP contribution in [0.2, 0.25) is 0 Å². The molecule has 0 aromatic carbocycles. The maximum Gasteiger partial charge on any atom is 0.00789 e. The van der Waals surface area contributed by atoms with Crippen molar-refractivity contribution in [3.63, 3.8) is 0 Å². The van der Waals surface area contributed by atoms with Crippen LogP contribution >= 0.6 is 0 Å². The predicted molar refractivity (Wildman–Crippen MR) is 51.5 cm³/mol. The van der Waals surface area contributed by atoms with Crippen LogP contribution < -0.4 is 5.73 Å². The Labute approximate surface area is 70.0 Å². The van der Waals surface area contributed by atoms with Crippen LogP contribution in [0.25, 0.3) is 0 Å². The minimum Gasteiger partial charge on any atom is -0.327 e. The highest BCUT2D eigenvalue weighted by molar-refractivity contribution is 4.94. The van der Waals surface area contributed by atoms with E-state index in [1.807, 2.05) is 13.8 Å². The first-order valence-electron chi connectivity index (χ1n) is 4.06. The molecule has 2 N–H and O–H groups in total. The van der Waals surface area contributed by atoms with Crippen molar-refractivity contribution in [2.24, 2.45) is 5.73 Å². The Balaban J connectivity index is 3.44. The normalized spacial score (nSPS) is 12.6. The first kappa shape index (κ1) is 10.4. The summed E-state index contributed by atoms with van der Waals surface area (Å²) in [5.74, 6) is 0. The predicted octanol–water partition coefficient (Wildman–Crippen LogP) is 2.64. The molecule has 0 radical (unpaired) electrons. The third-order valence-corrected chi connectivity index (χ3v) is 1.55. The first-order chi connectivity index (χ1) is 5.02. The van der Waals surface area contributed by atoms with E-state index in [1.165, 1.54) is 11.1 Å². The summed E-state index contributed by atoms with van der Waals surface area (Å²) >= 11 is 0. The summed E-state index contributed by atoms with van der Waals surface area (Å²) in [6.45, 7) is 11.7. The molecule has 0 rings (SSSR count). The Bertz CT molecular complexity index is 147. The number of hydrogen-bond donors (Lipinski definition) is 1. The molecule has 0 aromatic rings. The number of allylic oxidation sites excluding steroid dienone is 1. The van der Waals surface area contributed by atoms with Crippen molar-refractivity contribution >= 4 is 0 Å². The summed E-state index contributed by atoms with van der Waals surface area (Å²) in [6, 6.07) is 0.268. The average Bonchev–Trinajstić information content (AvgIpc) is 1.82. The van der Waals surface area contributed by atoms with E-state index in [1.54, 1.807) is 0 Å². The van der Waals surface area contributed by atoms with Gasteiger partial charge in [-0.15, -0.1) is 13.2 Å². The van der Waals surface area contributed by atoms with Crippen LogP contribution in [0.5, 0.6) is 0 Å². The van der Waals surface area contributed by atoms with Crippen LogP contribution in [0, 0.1) is 0 Å². The maximum absolute atomic E-state index is 5.82. The second-order valence-corrected chi connectivity index (χ2v) is 3.42. The van der Waals surface area contributed by atoms with Crippen molar-refractivity contribution in [1.82, 2.24) is 0 Å². The molecule has 0 aliphatic rings. The zero-order valence-corrected chi connectivity index (χ0v) is 7.69. The quantitative estimate of drug-likeness (QED) is 0.604. The highest BCUT2D eigenvalue weighted by atomic mass is 14.6. The number of nitrogens with two attached hydrogens (primary N) is 1. The molecular formula is C10H19N. The molecule has 1 atom stereocenters. The topological polar surface area (TPSA) is 26.0 Å². The Morgan fingerprint density at radius 3 is 2.18 bits per heavy atom. The van der Waals surface area contributed by atoms with Crippen LogP contribution in [0.3, 0.4) is 0 Å².